The van der Waals surface area contributed by atoms with Crippen molar-refractivity contribution in [2.45, 2.75) is 38.6 Å². The molecule has 3 nitrogen and oxygen atoms in total. The van der Waals surface area contributed by atoms with Crippen LogP contribution in [0.5, 0.6) is 0 Å². The molecule has 0 unspecified atom stereocenters. The van der Waals surface area contributed by atoms with Crippen molar-refractivity contribution in [3.8, 4) is 11.3 Å². The Morgan fingerprint density at radius 2 is 1.96 bits per heavy atom. The summed E-state index contributed by atoms with van der Waals surface area (Å²) in [4.78, 5) is 0. The number of nitrogens with zero attached hydrogens (tertiary/aromatic N) is 2. The highest BCUT2D eigenvalue weighted by Crippen LogP contribution is 2.32. The normalized spacial score (nSPS) is 15.9. The van der Waals surface area contributed by atoms with Crippen LogP contribution in [0.1, 0.15) is 31.4 Å². The highest BCUT2D eigenvalue weighted by molar-refractivity contribution is 9.10. The summed E-state index contributed by atoms with van der Waals surface area (Å²) in [7, 11) is 1.75. The molecule has 4 heteroatoms. The van der Waals surface area contributed by atoms with Crippen LogP contribution in [-0.2, 0) is 17.7 Å². The third kappa shape index (κ3) is 4.04. The summed E-state index contributed by atoms with van der Waals surface area (Å²) in [5.41, 5.74) is 3.45. The highest BCUT2D eigenvalue weighted by Gasteiger charge is 2.20. The molecule has 0 saturated heterocycles. The van der Waals surface area contributed by atoms with Crippen LogP contribution >= 0.6 is 15.9 Å². The Bertz CT molecular complexity index is 618. The van der Waals surface area contributed by atoms with Crippen molar-refractivity contribution in [3.05, 3.63) is 46.9 Å². The van der Waals surface area contributed by atoms with Gasteiger partial charge in [-0.15, -0.1) is 0 Å². The van der Waals surface area contributed by atoms with E-state index in [0.29, 0.717) is 0 Å². The van der Waals surface area contributed by atoms with Gasteiger partial charge in [-0.2, -0.15) is 5.10 Å². The van der Waals surface area contributed by atoms with Crippen molar-refractivity contribution in [1.82, 2.24) is 9.78 Å². The van der Waals surface area contributed by atoms with Gasteiger partial charge in [0.15, 0.2) is 0 Å². The van der Waals surface area contributed by atoms with E-state index >= 15 is 0 Å². The minimum atomic E-state index is 0.719. The van der Waals surface area contributed by atoms with Crippen LogP contribution in [0.25, 0.3) is 11.3 Å². The fraction of sp³-hybridized carbons (Fsp3) is 0.474. The van der Waals surface area contributed by atoms with Crippen LogP contribution in [0, 0.1) is 12.3 Å². The number of ether oxygens (including phenoxy) is 1. The molecule has 3 rings (SSSR count). The van der Waals surface area contributed by atoms with Gasteiger partial charge in [0.1, 0.15) is 5.69 Å². The maximum Gasteiger partial charge on any atom is 0.107 e. The van der Waals surface area contributed by atoms with E-state index in [1.54, 1.807) is 7.11 Å². The first-order valence-corrected chi connectivity index (χ1v) is 9.20. The monoisotopic (exact) mass is 375 g/mol. The first kappa shape index (κ1) is 16.7. The molecule has 1 saturated carbocycles. The zero-order valence-corrected chi connectivity index (χ0v) is 15.3. The average molecular weight is 376 g/mol. The largest absolute Gasteiger partial charge is 0.384 e. The van der Waals surface area contributed by atoms with E-state index in [1.807, 2.05) is 6.07 Å². The molecule has 0 bridgehead atoms. The molecule has 0 atom stereocenters. The first-order chi connectivity index (χ1) is 11.3. The number of rotatable bonds is 6. The molecule has 123 valence electrons. The molecule has 1 aliphatic rings. The second-order valence-corrected chi connectivity index (χ2v) is 7.00. The summed E-state index contributed by atoms with van der Waals surface area (Å²) in [6.07, 6.45) is 8.34. The number of aromatic nitrogens is 2. The van der Waals surface area contributed by atoms with E-state index in [-0.39, 0.29) is 0 Å². The van der Waals surface area contributed by atoms with Gasteiger partial charge in [-0.1, -0.05) is 30.3 Å². The fourth-order valence-electron chi connectivity index (χ4n) is 3.27. The van der Waals surface area contributed by atoms with Gasteiger partial charge in [-0.3, -0.25) is 4.68 Å². The number of hydrogen-bond acceptors (Lipinski definition) is 2. The van der Waals surface area contributed by atoms with E-state index < -0.39 is 0 Å². The Balaban J connectivity index is 1.89. The van der Waals surface area contributed by atoms with Crippen molar-refractivity contribution in [3.63, 3.8) is 0 Å². The predicted octanol–water partition coefficient (Wildman–Crippen LogP) is 4.90. The van der Waals surface area contributed by atoms with E-state index in [4.69, 9.17) is 9.84 Å². The Hall–Kier alpha value is -1.13. The van der Waals surface area contributed by atoms with E-state index in [0.717, 1.165) is 41.2 Å². The molecule has 1 fully saturated rings. The lowest BCUT2D eigenvalue weighted by Gasteiger charge is -2.22. The van der Waals surface area contributed by atoms with Crippen molar-refractivity contribution >= 4 is 15.9 Å². The summed E-state index contributed by atoms with van der Waals surface area (Å²) >= 11 is 3.79. The van der Waals surface area contributed by atoms with Gasteiger partial charge in [0.25, 0.3) is 0 Å². The van der Waals surface area contributed by atoms with Crippen LogP contribution in [-0.4, -0.2) is 23.5 Å². The van der Waals surface area contributed by atoms with E-state index in [1.165, 1.54) is 31.4 Å². The Kier molecular flexibility index (Phi) is 5.90. The molecule has 1 aromatic carbocycles. The molecule has 23 heavy (non-hydrogen) atoms. The Labute approximate surface area is 147 Å². The third-order valence-electron chi connectivity index (χ3n) is 4.57. The van der Waals surface area contributed by atoms with Crippen LogP contribution in [0.3, 0.4) is 0 Å². The molecule has 1 radical (unpaired) electrons. The predicted molar refractivity (Wildman–Crippen MR) is 97.2 cm³/mol. The number of benzene rings is 1. The third-order valence-corrected chi connectivity index (χ3v) is 5.41. The lowest BCUT2D eigenvalue weighted by Crippen LogP contribution is -2.17. The SMILES string of the molecule is COCCc1c(Br)c(-c2ccccc2)nn1CC1CC[CH]CC1. The van der Waals surface area contributed by atoms with Gasteiger partial charge in [0, 0.05) is 25.6 Å². The molecular formula is C19H24BrN2O. The zero-order valence-electron chi connectivity index (χ0n) is 13.7. The standard InChI is InChI=1S/C19H24BrN2O/c1-23-13-12-17-18(20)19(16-10-6-3-7-11-16)21-22(17)14-15-8-4-2-5-9-15/h2-3,6-7,10-11,15H,4-5,8-9,12-14H2,1H3. The average Bonchev–Trinajstić information content (AvgIpc) is 2.90. The molecule has 0 aliphatic heterocycles. The summed E-state index contributed by atoms with van der Waals surface area (Å²) in [6, 6.07) is 10.4. The molecule has 2 aromatic rings. The van der Waals surface area contributed by atoms with Crippen molar-refractivity contribution in [1.29, 1.82) is 0 Å². The maximum atomic E-state index is 5.29. The number of methoxy groups -OCH3 is 1. The Morgan fingerprint density at radius 1 is 1.22 bits per heavy atom. The smallest absolute Gasteiger partial charge is 0.107 e. The van der Waals surface area contributed by atoms with E-state index in [9.17, 15) is 0 Å². The summed E-state index contributed by atoms with van der Waals surface area (Å²) in [6.45, 7) is 1.73. The second-order valence-electron chi connectivity index (χ2n) is 6.21. The van der Waals surface area contributed by atoms with Gasteiger partial charge in [-0.25, -0.2) is 0 Å². The van der Waals surface area contributed by atoms with Gasteiger partial charge in [-0.05, 0) is 54.0 Å². The quantitative estimate of drug-likeness (QED) is 0.717. The van der Waals surface area contributed by atoms with Crippen LogP contribution in [0.4, 0.5) is 0 Å². The van der Waals surface area contributed by atoms with Crippen LogP contribution < -0.4 is 0 Å². The molecule has 0 N–H and O–H groups in total. The summed E-state index contributed by atoms with van der Waals surface area (Å²) in [5.74, 6) is 0.733. The van der Waals surface area contributed by atoms with Crippen LogP contribution in [0.15, 0.2) is 34.8 Å². The lowest BCUT2D eigenvalue weighted by atomic mass is 9.89. The molecule has 0 spiro atoms. The topological polar surface area (TPSA) is 27.1 Å². The van der Waals surface area contributed by atoms with Crippen molar-refractivity contribution in [2.75, 3.05) is 13.7 Å². The highest BCUT2D eigenvalue weighted by atomic mass is 79.9. The van der Waals surface area contributed by atoms with Gasteiger partial charge < -0.3 is 4.74 Å². The second kappa shape index (κ2) is 8.11. The molecular weight excluding hydrogens is 352 g/mol. The minimum Gasteiger partial charge on any atom is -0.384 e. The Morgan fingerprint density at radius 3 is 2.65 bits per heavy atom. The molecule has 1 aromatic heterocycles. The van der Waals surface area contributed by atoms with Gasteiger partial charge >= 0.3 is 0 Å². The summed E-state index contributed by atoms with van der Waals surface area (Å²) < 4.78 is 8.62. The van der Waals surface area contributed by atoms with E-state index in [2.05, 4.69) is 51.3 Å². The summed E-state index contributed by atoms with van der Waals surface area (Å²) in [5, 5.41) is 4.93. The first-order valence-electron chi connectivity index (χ1n) is 8.40. The molecule has 1 heterocycles. The number of hydrogen-bond donors (Lipinski definition) is 0. The number of halogens is 1. The van der Waals surface area contributed by atoms with Gasteiger partial charge in [0.05, 0.1) is 16.8 Å². The van der Waals surface area contributed by atoms with Crippen molar-refractivity contribution < 1.29 is 4.74 Å². The molecule has 0 amide bonds. The maximum absolute atomic E-state index is 5.29. The minimum absolute atomic E-state index is 0.719. The molecule has 1 aliphatic carbocycles. The van der Waals surface area contributed by atoms with Crippen molar-refractivity contribution in [2.24, 2.45) is 5.92 Å². The van der Waals surface area contributed by atoms with Gasteiger partial charge in [0.2, 0.25) is 0 Å². The van der Waals surface area contributed by atoms with Crippen LogP contribution in [0.2, 0.25) is 0 Å². The fourth-order valence-corrected chi connectivity index (χ4v) is 3.98. The zero-order chi connectivity index (χ0) is 16.1. The lowest BCUT2D eigenvalue weighted by molar-refractivity contribution is 0.199.